The average molecular weight is 438 g/mol. The zero-order valence-electron chi connectivity index (χ0n) is 16.8. The molecule has 0 aliphatic heterocycles. The molecule has 0 radical (unpaired) electrons. The molecule has 0 saturated heterocycles. The highest BCUT2D eigenvalue weighted by Crippen LogP contribution is 2.31. The lowest BCUT2D eigenvalue weighted by molar-refractivity contribution is 0.251. The summed E-state index contributed by atoms with van der Waals surface area (Å²) >= 11 is 6.04. The number of carbonyl (C=O) groups is 1. The Balaban J connectivity index is 1.58. The average Bonchev–Trinajstić information content (AvgIpc) is 3.19. The minimum Gasteiger partial charge on any atom is -0.495 e. The molecule has 4 aromatic rings. The lowest BCUT2D eigenvalue weighted by atomic mass is 9.91. The number of fused-ring (bicyclic) bond motifs is 1. The van der Waals surface area contributed by atoms with Crippen LogP contribution in [-0.2, 0) is 0 Å². The first-order chi connectivity index (χ1) is 15.0. The van der Waals surface area contributed by atoms with Gasteiger partial charge in [0.05, 0.1) is 12.8 Å². The third-order valence-corrected chi connectivity index (χ3v) is 5.38. The van der Waals surface area contributed by atoms with Crippen LogP contribution in [0.3, 0.4) is 0 Å². The standard InChI is InChI=1S/C24H21ClFN3O2/c1-31-23-11-8-16(25)12-22(23)29-24(30)28-13-19(15-6-9-17(26)10-7-15)20-14-27-21-5-3-2-4-18(20)21/h2-12,14,19,27H,13H2,1H3,(H2,28,29,30). The van der Waals surface area contributed by atoms with Gasteiger partial charge in [-0.2, -0.15) is 0 Å². The molecule has 31 heavy (non-hydrogen) atoms. The molecule has 7 heteroatoms. The molecule has 1 unspecified atom stereocenters. The van der Waals surface area contributed by atoms with Crippen molar-refractivity contribution in [3.05, 3.63) is 94.9 Å². The van der Waals surface area contributed by atoms with Crippen molar-refractivity contribution in [2.75, 3.05) is 19.0 Å². The Bertz CT molecular complexity index is 1210. The van der Waals surface area contributed by atoms with Crippen LogP contribution in [0.5, 0.6) is 5.75 Å². The summed E-state index contributed by atoms with van der Waals surface area (Å²) in [7, 11) is 1.52. The van der Waals surface area contributed by atoms with E-state index in [9.17, 15) is 9.18 Å². The molecule has 158 valence electrons. The quantitative estimate of drug-likeness (QED) is 0.350. The van der Waals surface area contributed by atoms with Gasteiger partial charge in [0.15, 0.2) is 0 Å². The van der Waals surface area contributed by atoms with Crippen molar-refractivity contribution in [2.24, 2.45) is 0 Å². The second-order valence-electron chi connectivity index (χ2n) is 7.07. The van der Waals surface area contributed by atoms with Gasteiger partial charge in [-0.3, -0.25) is 0 Å². The van der Waals surface area contributed by atoms with E-state index in [1.165, 1.54) is 19.2 Å². The van der Waals surface area contributed by atoms with Gasteiger partial charge in [-0.25, -0.2) is 9.18 Å². The first-order valence-corrected chi connectivity index (χ1v) is 10.1. The number of urea groups is 1. The van der Waals surface area contributed by atoms with Crippen LogP contribution in [0.15, 0.2) is 72.9 Å². The first-order valence-electron chi connectivity index (χ1n) is 9.75. The highest BCUT2D eigenvalue weighted by atomic mass is 35.5. The van der Waals surface area contributed by atoms with Crippen LogP contribution in [0.25, 0.3) is 10.9 Å². The summed E-state index contributed by atoms with van der Waals surface area (Å²) in [6.45, 7) is 0.308. The van der Waals surface area contributed by atoms with Crippen molar-refractivity contribution in [1.82, 2.24) is 10.3 Å². The van der Waals surface area contributed by atoms with E-state index < -0.39 is 6.03 Å². The van der Waals surface area contributed by atoms with Gasteiger partial charge in [-0.1, -0.05) is 41.9 Å². The number of hydrogen-bond acceptors (Lipinski definition) is 2. The van der Waals surface area contributed by atoms with Crippen molar-refractivity contribution in [2.45, 2.75) is 5.92 Å². The summed E-state index contributed by atoms with van der Waals surface area (Å²) in [5.74, 6) is 0.0233. The number of rotatable bonds is 6. The van der Waals surface area contributed by atoms with Gasteiger partial charge >= 0.3 is 6.03 Å². The fourth-order valence-corrected chi connectivity index (χ4v) is 3.80. The maximum Gasteiger partial charge on any atom is 0.319 e. The molecule has 1 aromatic heterocycles. The normalized spacial score (nSPS) is 11.8. The zero-order chi connectivity index (χ0) is 21.8. The molecule has 2 amide bonds. The molecular formula is C24H21ClFN3O2. The van der Waals surface area contributed by atoms with E-state index in [2.05, 4.69) is 15.6 Å². The number of halogens is 2. The molecule has 0 fully saturated rings. The highest BCUT2D eigenvalue weighted by molar-refractivity contribution is 6.31. The lowest BCUT2D eigenvalue weighted by Crippen LogP contribution is -2.32. The van der Waals surface area contributed by atoms with E-state index in [1.54, 1.807) is 30.3 Å². The van der Waals surface area contributed by atoms with Crippen LogP contribution < -0.4 is 15.4 Å². The smallest absolute Gasteiger partial charge is 0.319 e. The first kappa shape index (κ1) is 20.8. The Morgan fingerprint density at radius 1 is 1.13 bits per heavy atom. The fraction of sp³-hybridized carbons (Fsp3) is 0.125. The van der Waals surface area contributed by atoms with Gasteiger partial charge in [0.1, 0.15) is 11.6 Å². The number of hydrogen-bond donors (Lipinski definition) is 3. The van der Waals surface area contributed by atoms with E-state index in [4.69, 9.17) is 16.3 Å². The number of para-hydroxylation sites is 1. The number of anilines is 1. The second kappa shape index (κ2) is 9.10. The Morgan fingerprint density at radius 3 is 2.68 bits per heavy atom. The van der Waals surface area contributed by atoms with Gasteiger partial charge < -0.3 is 20.4 Å². The van der Waals surface area contributed by atoms with Crippen LogP contribution in [0.2, 0.25) is 5.02 Å². The summed E-state index contributed by atoms with van der Waals surface area (Å²) in [6, 6.07) is 18.9. The zero-order valence-corrected chi connectivity index (χ0v) is 17.5. The molecule has 1 heterocycles. The maximum absolute atomic E-state index is 13.5. The second-order valence-corrected chi connectivity index (χ2v) is 7.51. The van der Waals surface area contributed by atoms with Crippen molar-refractivity contribution in [1.29, 1.82) is 0 Å². The number of benzene rings is 3. The number of H-pyrrole nitrogens is 1. The van der Waals surface area contributed by atoms with Crippen LogP contribution in [0.4, 0.5) is 14.9 Å². The number of ether oxygens (including phenoxy) is 1. The van der Waals surface area contributed by atoms with E-state index in [0.717, 1.165) is 22.0 Å². The molecule has 3 N–H and O–H groups in total. The molecule has 0 aliphatic rings. The summed E-state index contributed by atoms with van der Waals surface area (Å²) < 4.78 is 18.8. The van der Waals surface area contributed by atoms with Gasteiger partial charge in [-0.15, -0.1) is 0 Å². The van der Waals surface area contributed by atoms with Gasteiger partial charge in [0.25, 0.3) is 0 Å². The van der Waals surface area contributed by atoms with E-state index in [0.29, 0.717) is 23.0 Å². The lowest BCUT2D eigenvalue weighted by Gasteiger charge is -2.19. The number of methoxy groups -OCH3 is 1. The molecule has 0 saturated carbocycles. The number of aromatic nitrogens is 1. The van der Waals surface area contributed by atoms with Gasteiger partial charge in [-0.05, 0) is 47.5 Å². The predicted molar refractivity (Wildman–Crippen MR) is 122 cm³/mol. The third-order valence-electron chi connectivity index (χ3n) is 5.15. The van der Waals surface area contributed by atoms with E-state index >= 15 is 0 Å². The maximum atomic E-state index is 13.5. The predicted octanol–water partition coefficient (Wildman–Crippen LogP) is 5.92. The summed E-state index contributed by atoms with van der Waals surface area (Å²) in [6.07, 6.45) is 1.93. The Hall–Kier alpha value is -3.51. The molecule has 0 bridgehead atoms. The fourth-order valence-electron chi connectivity index (χ4n) is 3.62. The molecule has 1 atom stereocenters. The van der Waals surface area contributed by atoms with Crippen molar-refractivity contribution < 1.29 is 13.9 Å². The van der Waals surface area contributed by atoms with Crippen LogP contribution in [0.1, 0.15) is 17.0 Å². The summed E-state index contributed by atoms with van der Waals surface area (Å²) in [5, 5.41) is 7.22. The minimum absolute atomic E-state index is 0.177. The van der Waals surface area contributed by atoms with E-state index in [-0.39, 0.29) is 11.7 Å². The Labute approximate surface area is 184 Å². The van der Waals surface area contributed by atoms with Crippen LogP contribution in [0, 0.1) is 5.82 Å². The van der Waals surface area contributed by atoms with Gasteiger partial charge in [0, 0.05) is 34.6 Å². The third kappa shape index (κ3) is 4.64. The minimum atomic E-state index is -0.396. The molecule has 4 rings (SSSR count). The van der Waals surface area contributed by atoms with Crippen LogP contribution >= 0.6 is 11.6 Å². The van der Waals surface area contributed by atoms with Crippen molar-refractivity contribution in [3.63, 3.8) is 0 Å². The molecule has 0 aliphatic carbocycles. The number of amides is 2. The van der Waals surface area contributed by atoms with Crippen LogP contribution in [-0.4, -0.2) is 24.7 Å². The number of carbonyl (C=O) groups excluding carboxylic acids is 1. The van der Waals surface area contributed by atoms with Crippen molar-refractivity contribution in [3.8, 4) is 5.75 Å². The molecular weight excluding hydrogens is 417 g/mol. The Kier molecular flexibility index (Phi) is 6.09. The van der Waals surface area contributed by atoms with Gasteiger partial charge in [0.2, 0.25) is 0 Å². The van der Waals surface area contributed by atoms with E-state index in [1.807, 2.05) is 30.5 Å². The van der Waals surface area contributed by atoms with Crippen molar-refractivity contribution >= 4 is 34.2 Å². The summed E-state index contributed by atoms with van der Waals surface area (Å²) in [4.78, 5) is 15.9. The molecule has 5 nitrogen and oxygen atoms in total. The Morgan fingerprint density at radius 2 is 1.90 bits per heavy atom. The topological polar surface area (TPSA) is 66.2 Å². The number of aromatic amines is 1. The monoisotopic (exact) mass is 437 g/mol. The number of nitrogens with one attached hydrogen (secondary N) is 3. The largest absolute Gasteiger partial charge is 0.495 e. The molecule has 3 aromatic carbocycles. The molecule has 0 spiro atoms. The highest BCUT2D eigenvalue weighted by Gasteiger charge is 2.19. The summed E-state index contributed by atoms with van der Waals surface area (Å²) in [5.41, 5.74) is 3.38. The SMILES string of the molecule is COc1ccc(Cl)cc1NC(=O)NCC(c1ccc(F)cc1)c1c[nH]c2ccccc12.